The van der Waals surface area contributed by atoms with Gasteiger partial charge in [0.25, 0.3) is 0 Å². The van der Waals surface area contributed by atoms with Crippen LogP contribution in [0.2, 0.25) is 0 Å². The Morgan fingerprint density at radius 3 is 2.75 bits per heavy atom. The molecule has 0 unspecified atom stereocenters. The van der Waals surface area contributed by atoms with Crippen molar-refractivity contribution in [1.82, 2.24) is 0 Å². The van der Waals surface area contributed by atoms with Crippen molar-refractivity contribution in [3.8, 4) is 0 Å². The van der Waals surface area contributed by atoms with Crippen LogP contribution < -0.4 is 4.90 Å². The number of aliphatic hydroxyl groups is 1. The summed E-state index contributed by atoms with van der Waals surface area (Å²) >= 11 is 3.39. The first kappa shape index (κ1) is 9.55. The van der Waals surface area contributed by atoms with E-state index in [1.807, 2.05) is 32.2 Å². The van der Waals surface area contributed by atoms with Crippen molar-refractivity contribution in [2.45, 2.75) is 6.92 Å². The molecule has 2 nitrogen and oxygen atoms in total. The van der Waals surface area contributed by atoms with Gasteiger partial charge in [0.2, 0.25) is 0 Å². The van der Waals surface area contributed by atoms with Crippen LogP contribution in [-0.2, 0) is 0 Å². The van der Waals surface area contributed by atoms with Crippen LogP contribution in [0.1, 0.15) is 5.56 Å². The Bertz CT molecular complexity index is 275. The first-order valence-corrected chi connectivity index (χ1v) is 4.52. The normalized spacial score (nSPS) is 10.0. The average molecular weight is 230 g/mol. The summed E-state index contributed by atoms with van der Waals surface area (Å²) in [6, 6.07) is 6.00. The van der Waals surface area contributed by atoms with Crippen LogP contribution >= 0.6 is 15.9 Å². The second-order valence-electron chi connectivity index (χ2n) is 2.77. The molecule has 0 amide bonds. The lowest BCUT2D eigenvalue weighted by Crippen LogP contribution is -2.18. The van der Waals surface area contributed by atoms with Gasteiger partial charge in [0, 0.05) is 17.2 Å². The second kappa shape index (κ2) is 3.92. The van der Waals surface area contributed by atoms with Crippen LogP contribution in [0.15, 0.2) is 22.7 Å². The molecule has 0 bridgehead atoms. The van der Waals surface area contributed by atoms with Gasteiger partial charge in [0.05, 0.1) is 0 Å². The molecule has 0 aliphatic heterocycles. The Balaban J connectivity index is 3.04. The molecule has 0 atom stereocenters. The van der Waals surface area contributed by atoms with E-state index in [2.05, 4.69) is 15.9 Å². The Hall–Kier alpha value is -0.540. The topological polar surface area (TPSA) is 23.5 Å². The van der Waals surface area contributed by atoms with Crippen molar-refractivity contribution in [1.29, 1.82) is 0 Å². The quantitative estimate of drug-likeness (QED) is 0.787. The highest BCUT2D eigenvalue weighted by Gasteiger charge is 2.02. The zero-order chi connectivity index (χ0) is 9.14. The van der Waals surface area contributed by atoms with E-state index in [1.165, 1.54) is 0 Å². The van der Waals surface area contributed by atoms with Gasteiger partial charge in [-0.05, 0) is 24.6 Å². The smallest absolute Gasteiger partial charge is 0.115 e. The molecule has 3 heteroatoms. The van der Waals surface area contributed by atoms with Gasteiger partial charge in [-0.3, -0.25) is 0 Å². The van der Waals surface area contributed by atoms with E-state index in [0.29, 0.717) is 0 Å². The van der Waals surface area contributed by atoms with Gasteiger partial charge in [-0.2, -0.15) is 0 Å². The fourth-order valence-corrected chi connectivity index (χ4v) is 1.42. The maximum atomic E-state index is 8.91. The Morgan fingerprint density at radius 1 is 1.50 bits per heavy atom. The standard InChI is InChI=1S/C9H12BrNO/c1-7-3-4-8(10)5-9(7)11(2)6-12/h3-5,12H,6H2,1-2H3. The van der Waals surface area contributed by atoms with Crippen molar-refractivity contribution in [3.63, 3.8) is 0 Å². The van der Waals surface area contributed by atoms with Gasteiger partial charge in [-0.15, -0.1) is 0 Å². The van der Waals surface area contributed by atoms with Crippen LogP contribution in [0, 0.1) is 6.92 Å². The minimum Gasteiger partial charge on any atom is -0.376 e. The van der Waals surface area contributed by atoms with Gasteiger partial charge < -0.3 is 10.0 Å². The first-order valence-electron chi connectivity index (χ1n) is 3.73. The van der Waals surface area contributed by atoms with Crippen molar-refractivity contribution >= 4 is 21.6 Å². The number of anilines is 1. The molecule has 0 saturated carbocycles. The zero-order valence-electron chi connectivity index (χ0n) is 7.21. The second-order valence-corrected chi connectivity index (χ2v) is 3.69. The Kier molecular flexibility index (Phi) is 3.12. The summed E-state index contributed by atoms with van der Waals surface area (Å²) in [5.41, 5.74) is 2.21. The highest BCUT2D eigenvalue weighted by Crippen LogP contribution is 2.22. The summed E-state index contributed by atoms with van der Waals surface area (Å²) < 4.78 is 1.03. The van der Waals surface area contributed by atoms with Gasteiger partial charge in [0.1, 0.15) is 6.73 Å². The molecule has 0 aliphatic carbocycles. The molecule has 12 heavy (non-hydrogen) atoms. The Morgan fingerprint density at radius 2 is 2.17 bits per heavy atom. The predicted molar refractivity (Wildman–Crippen MR) is 54.4 cm³/mol. The summed E-state index contributed by atoms with van der Waals surface area (Å²) in [5.74, 6) is 0. The third-order valence-electron chi connectivity index (χ3n) is 1.79. The number of nitrogens with zero attached hydrogens (tertiary/aromatic N) is 1. The SMILES string of the molecule is Cc1ccc(Br)cc1N(C)CO. The minimum absolute atomic E-state index is 0.0390. The number of rotatable bonds is 2. The van der Waals surface area contributed by atoms with Gasteiger partial charge >= 0.3 is 0 Å². The fourth-order valence-electron chi connectivity index (χ4n) is 1.07. The van der Waals surface area contributed by atoms with Crippen molar-refractivity contribution in [2.24, 2.45) is 0 Å². The molecule has 0 aliphatic rings. The van der Waals surface area contributed by atoms with Crippen LogP contribution in [0.4, 0.5) is 5.69 Å². The summed E-state index contributed by atoms with van der Waals surface area (Å²) in [6.45, 7) is 2.06. The van der Waals surface area contributed by atoms with Gasteiger partial charge in [-0.25, -0.2) is 0 Å². The summed E-state index contributed by atoms with van der Waals surface area (Å²) in [7, 11) is 1.86. The van der Waals surface area contributed by atoms with E-state index in [4.69, 9.17) is 5.11 Å². The maximum Gasteiger partial charge on any atom is 0.115 e. The molecule has 0 heterocycles. The number of aryl methyl sites for hydroxylation is 1. The van der Waals surface area contributed by atoms with Crippen molar-refractivity contribution in [2.75, 3.05) is 18.7 Å². The van der Waals surface area contributed by atoms with Crippen LogP contribution in [0.25, 0.3) is 0 Å². The van der Waals surface area contributed by atoms with Crippen molar-refractivity contribution < 1.29 is 5.11 Å². The number of halogens is 1. The number of aliphatic hydroxyl groups excluding tert-OH is 1. The van der Waals surface area contributed by atoms with Gasteiger partial charge in [0.15, 0.2) is 0 Å². The third-order valence-corrected chi connectivity index (χ3v) is 2.29. The van der Waals surface area contributed by atoms with Crippen LogP contribution in [0.3, 0.4) is 0 Å². The van der Waals surface area contributed by atoms with E-state index >= 15 is 0 Å². The molecular weight excluding hydrogens is 218 g/mol. The molecule has 0 fully saturated rings. The number of benzene rings is 1. The number of hydrogen-bond acceptors (Lipinski definition) is 2. The molecule has 1 N–H and O–H groups in total. The van der Waals surface area contributed by atoms with E-state index in [-0.39, 0.29) is 6.73 Å². The third kappa shape index (κ3) is 1.99. The number of hydrogen-bond donors (Lipinski definition) is 1. The van der Waals surface area contributed by atoms with E-state index in [0.717, 1.165) is 15.7 Å². The fraction of sp³-hybridized carbons (Fsp3) is 0.333. The molecule has 66 valence electrons. The first-order chi connectivity index (χ1) is 5.65. The molecule has 0 radical (unpaired) electrons. The molecule has 0 aromatic heterocycles. The molecule has 0 saturated heterocycles. The molecule has 0 spiro atoms. The van der Waals surface area contributed by atoms with Crippen LogP contribution in [-0.4, -0.2) is 18.9 Å². The van der Waals surface area contributed by atoms with E-state index in [1.54, 1.807) is 4.90 Å². The molecule has 1 aromatic rings. The lowest BCUT2D eigenvalue weighted by atomic mass is 10.2. The van der Waals surface area contributed by atoms with Crippen molar-refractivity contribution in [3.05, 3.63) is 28.2 Å². The summed E-state index contributed by atoms with van der Waals surface area (Å²) in [4.78, 5) is 1.79. The minimum atomic E-state index is 0.0390. The van der Waals surface area contributed by atoms with E-state index < -0.39 is 0 Å². The molecule has 1 aromatic carbocycles. The predicted octanol–water partition coefficient (Wildman–Crippen LogP) is 2.14. The lowest BCUT2D eigenvalue weighted by Gasteiger charge is -2.18. The highest BCUT2D eigenvalue weighted by atomic mass is 79.9. The zero-order valence-corrected chi connectivity index (χ0v) is 8.80. The maximum absolute atomic E-state index is 8.91. The van der Waals surface area contributed by atoms with Crippen LogP contribution in [0.5, 0.6) is 0 Å². The molecular formula is C9H12BrNO. The highest BCUT2D eigenvalue weighted by molar-refractivity contribution is 9.10. The Labute approximate surface area is 80.9 Å². The van der Waals surface area contributed by atoms with Gasteiger partial charge in [-0.1, -0.05) is 22.0 Å². The summed E-state index contributed by atoms with van der Waals surface area (Å²) in [6.07, 6.45) is 0. The summed E-state index contributed by atoms with van der Waals surface area (Å²) in [5, 5.41) is 8.91. The monoisotopic (exact) mass is 229 g/mol. The lowest BCUT2D eigenvalue weighted by molar-refractivity contribution is 0.298. The average Bonchev–Trinajstić information content (AvgIpc) is 2.08. The largest absolute Gasteiger partial charge is 0.376 e. The molecule has 1 rings (SSSR count). The van der Waals surface area contributed by atoms with E-state index in [9.17, 15) is 0 Å².